The molecule has 0 saturated carbocycles. The van der Waals surface area contributed by atoms with Crippen LogP contribution in [0.4, 0.5) is 0 Å². The fourth-order valence-corrected chi connectivity index (χ4v) is 3.26. The van der Waals surface area contributed by atoms with E-state index >= 15 is 0 Å². The number of benzene rings is 2. The fraction of sp³-hybridized carbons (Fsp3) is 0.412. The zero-order valence-corrected chi connectivity index (χ0v) is 11.7. The maximum Gasteiger partial charge on any atom is 0.181 e. The van der Waals surface area contributed by atoms with Gasteiger partial charge in [-0.3, -0.25) is 4.84 Å². The highest BCUT2D eigenvalue weighted by molar-refractivity contribution is 5.93. The van der Waals surface area contributed by atoms with Gasteiger partial charge in [0.2, 0.25) is 0 Å². The van der Waals surface area contributed by atoms with Crippen LogP contribution >= 0.6 is 0 Å². The number of hydrogen-bond acceptors (Lipinski definition) is 2. The summed E-state index contributed by atoms with van der Waals surface area (Å²) < 4.78 is 0. The number of nitrogens with zero attached hydrogens (tertiary/aromatic N) is 1. The first-order valence-electron chi connectivity index (χ1n) is 7.05. The van der Waals surface area contributed by atoms with Crippen molar-refractivity contribution < 1.29 is 4.84 Å². The van der Waals surface area contributed by atoms with Crippen molar-refractivity contribution in [3.8, 4) is 0 Å². The van der Waals surface area contributed by atoms with E-state index in [4.69, 9.17) is 4.84 Å². The largest absolute Gasteiger partial charge is 0.269 e. The molecule has 2 aliphatic rings. The highest BCUT2D eigenvalue weighted by atomic mass is 16.8. The molecule has 2 aromatic rings. The van der Waals surface area contributed by atoms with Crippen molar-refractivity contribution >= 4 is 10.8 Å². The molecule has 98 valence electrons. The molecule has 0 N–H and O–H groups in total. The van der Waals surface area contributed by atoms with Gasteiger partial charge in [0.1, 0.15) is 0 Å². The lowest BCUT2D eigenvalue weighted by Crippen LogP contribution is -2.25. The Morgan fingerprint density at radius 3 is 2.47 bits per heavy atom. The second-order valence-corrected chi connectivity index (χ2v) is 6.61. The Hall–Kier alpha value is -1.38. The summed E-state index contributed by atoms with van der Waals surface area (Å²) in [5, 5.41) is 4.94. The van der Waals surface area contributed by atoms with Crippen molar-refractivity contribution in [2.75, 3.05) is 0 Å². The second kappa shape index (κ2) is 3.59. The maximum absolute atomic E-state index is 5.81. The molecule has 2 nitrogen and oxygen atoms in total. The third-order valence-corrected chi connectivity index (χ3v) is 4.22. The monoisotopic (exact) mass is 253 g/mol. The van der Waals surface area contributed by atoms with Gasteiger partial charge in [0.25, 0.3) is 0 Å². The predicted molar refractivity (Wildman–Crippen MR) is 76.8 cm³/mol. The predicted octanol–water partition coefficient (Wildman–Crippen LogP) is 3.98. The van der Waals surface area contributed by atoms with Gasteiger partial charge in [-0.1, -0.05) is 30.3 Å². The first-order valence-corrected chi connectivity index (χ1v) is 7.05. The molecule has 0 bridgehead atoms. The van der Waals surface area contributed by atoms with Crippen LogP contribution < -0.4 is 0 Å². The molecule has 4 rings (SSSR count). The van der Waals surface area contributed by atoms with Crippen molar-refractivity contribution in [3.63, 3.8) is 0 Å². The van der Waals surface area contributed by atoms with Gasteiger partial charge in [-0.2, -0.15) is 0 Å². The molecule has 2 atom stereocenters. The van der Waals surface area contributed by atoms with E-state index < -0.39 is 0 Å². The van der Waals surface area contributed by atoms with E-state index in [0.29, 0.717) is 0 Å². The van der Waals surface area contributed by atoms with Crippen molar-refractivity contribution in [1.82, 2.24) is 5.06 Å². The van der Waals surface area contributed by atoms with Crippen LogP contribution in [0.1, 0.15) is 43.7 Å². The van der Waals surface area contributed by atoms with Gasteiger partial charge in [-0.25, -0.2) is 0 Å². The van der Waals surface area contributed by atoms with Crippen molar-refractivity contribution in [1.29, 1.82) is 0 Å². The zero-order valence-electron chi connectivity index (χ0n) is 11.7. The molecule has 1 unspecified atom stereocenters. The molecule has 0 amide bonds. The molecule has 1 saturated heterocycles. The summed E-state index contributed by atoms with van der Waals surface area (Å²) in [5.74, 6) is 0. The molecular weight excluding hydrogens is 234 g/mol. The number of hydrogen-bond donors (Lipinski definition) is 0. The number of hydroxylamine groups is 2. The van der Waals surface area contributed by atoms with Crippen LogP contribution in [0, 0.1) is 0 Å². The van der Waals surface area contributed by atoms with Crippen LogP contribution in [0.3, 0.4) is 0 Å². The summed E-state index contributed by atoms with van der Waals surface area (Å²) in [4.78, 5) is 5.81. The lowest BCUT2D eigenvalue weighted by molar-refractivity contribution is 0.101. The minimum atomic E-state index is 0.0629. The van der Waals surface area contributed by atoms with E-state index in [0.717, 1.165) is 0 Å². The van der Waals surface area contributed by atoms with Gasteiger partial charge in [0.05, 0.1) is 0 Å². The van der Waals surface area contributed by atoms with Gasteiger partial charge in [0, 0.05) is 11.1 Å². The van der Waals surface area contributed by atoms with E-state index in [2.05, 4.69) is 56.2 Å². The van der Waals surface area contributed by atoms with Crippen molar-refractivity contribution in [2.45, 2.75) is 45.4 Å². The van der Waals surface area contributed by atoms with E-state index in [1.54, 1.807) is 0 Å². The quantitative estimate of drug-likeness (QED) is 0.714. The van der Waals surface area contributed by atoms with Gasteiger partial charge in [-0.15, -0.1) is 5.06 Å². The molecule has 2 heteroatoms. The smallest absolute Gasteiger partial charge is 0.181 e. The average Bonchev–Trinajstić information content (AvgIpc) is 3.07. The second-order valence-electron chi connectivity index (χ2n) is 6.61. The summed E-state index contributed by atoms with van der Waals surface area (Å²) in [6.07, 6.45) is 2.50. The van der Waals surface area contributed by atoms with Crippen LogP contribution in [-0.2, 0) is 17.7 Å². The Labute approximate surface area is 113 Å². The maximum atomic E-state index is 5.81. The molecule has 1 aliphatic carbocycles. The Balaban J connectivity index is 1.86. The summed E-state index contributed by atoms with van der Waals surface area (Å²) in [5.41, 5.74) is 4.38. The zero-order chi connectivity index (χ0) is 13.2. The van der Waals surface area contributed by atoms with Crippen LogP contribution in [-0.4, -0.2) is 10.6 Å². The Morgan fingerprint density at radius 1 is 1.05 bits per heavy atom. The van der Waals surface area contributed by atoms with Crippen LogP contribution in [0.5, 0.6) is 0 Å². The lowest BCUT2D eigenvalue weighted by Gasteiger charge is -2.17. The van der Waals surface area contributed by atoms with Gasteiger partial charge < -0.3 is 0 Å². The van der Waals surface area contributed by atoms with E-state index in [1.165, 1.54) is 40.3 Å². The third kappa shape index (κ3) is 1.63. The van der Waals surface area contributed by atoms with Gasteiger partial charge in [-0.05, 0) is 55.5 Å². The van der Waals surface area contributed by atoms with Crippen molar-refractivity contribution in [2.24, 2.45) is 0 Å². The van der Waals surface area contributed by atoms with Crippen LogP contribution in [0.15, 0.2) is 30.3 Å². The SMILES string of the molecule is CC(C)(C)N1O[C@@H]1c1ccc2c3c(cccc13)CC2. The standard InChI is InChI=1S/C17H19NO/c1-17(2,3)18-16(19-18)14-10-9-12-8-7-11-5-4-6-13(14)15(11)12/h4-6,9-10,16H,7-8H2,1-3H3/t16-,18?/m1/s1. The Bertz CT molecular complexity index is 659. The molecule has 0 spiro atoms. The van der Waals surface area contributed by atoms with Gasteiger partial charge >= 0.3 is 0 Å². The summed E-state index contributed by atoms with van der Waals surface area (Å²) in [6, 6.07) is 11.2. The normalized spacial score (nSPS) is 25.0. The first kappa shape index (κ1) is 11.4. The Kier molecular flexibility index (Phi) is 2.16. The Morgan fingerprint density at radius 2 is 1.79 bits per heavy atom. The van der Waals surface area contributed by atoms with Crippen LogP contribution in [0.25, 0.3) is 10.8 Å². The molecule has 0 radical (unpaired) electrons. The highest BCUT2D eigenvalue weighted by Gasteiger charge is 2.46. The minimum absolute atomic E-state index is 0.0629. The number of rotatable bonds is 1. The fourth-order valence-electron chi connectivity index (χ4n) is 3.26. The minimum Gasteiger partial charge on any atom is -0.269 e. The topological polar surface area (TPSA) is 15.5 Å². The average molecular weight is 253 g/mol. The lowest BCUT2D eigenvalue weighted by atomic mass is 9.99. The van der Waals surface area contributed by atoms with Gasteiger partial charge in [0.15, 0.2) is 6.23 Å². The first-order chi connectivity index (χ1) is 9.05. The molecule has 0 aromatic heterocycles. The van der Waals surface area contributed by atoms with E-state index in [-0.39, 0.29) is 11.8 Å². The molecule has 19 heavy (non-hydrogen) atoms. The van der Waals surface area contributed by atoms with E-state index in [9.17, 15) is 0 Å². The molecule has 1 fully saturated rings. The third-order valence-electron chi connectivity index (χ3n) is 4.22. The summed E-state index contributed by atoms with van der Waals surface area (Å²) in [6.45, 7) is 6.56. The van der Waals surface area contributed by atoms with Crippen LogP contribution in [0.2, 0.25) is 0 Å². The molecular formula is C17H19NO. The molecule has 2 aromatic carbocycles. The highest BCUT2D eigenvalue weighted by Crippen LogP contribution is 2.46. The molecule has 1 aliphatic heterocycles. The number of aryl methyl sites for hydroxylation is 2. The summed E-state index contributed by atoms with van der Waals surface area (Å²) in [7, 11) is 0. The van der Waals surface area contributed by atoms with E-state index in [1.807, 2.05) is 0 Å². The summed E-state index contributed by atoms with van der Waals surface area (Å²) >= 11 is 0. The molecule has 1 heterocycles. The van der Waals surface area contributed by atoms with Crippen molar-refractivity contribution in [3.05, 3.63) is 47.0 Å².